The summed E-state index contributed by atoms with van der Waals surface area (Å²) in [5.74, 6) is -0.535. The number of hydrogen-bond donors (Lipinski definition) is 2. The van der Waals surface area contributed by atoms with Crippen molar-refractivity contribution < 1.29 is 22.7 Å². The van der Waals surface area contributed by atoms with Crippen molar-refractivity contribution in [3.05, 3.63) is 53.6 Å². The molecular weight excluding hydrogens is 369 g/mol. The summed E-state index contributed by atoms with van der Waals surface area (Å²) >= 11 is 0. The SMILES string of the molecule is COc1ccc(-c2cccc(C(=O)NCCCN)c2)cc1C(F)(F)F.Cl. The summed E-state index contributed by atoms with van der Waals surface area (Å²) in [5, 5.41) is 2.71. The summed E-state index contributed by atoms with van der Waals surface area (Å²) in [6.45, 7) is 0.909. The number of hydrogen-bond acceptors (Lipinski definition) is 3. The van der Waals surface area contributed by atoms with E-state index in [1.165, 1.54) is 19.2 Å². The van der Waals surface area contributed by atoms with Crippen LogP contribution in [0.4, 0.5) is 13.2 Å². The van der Waals surface area contributed by atoms with Gasteiger partial charge in [0.1, 0.15) is 5.75 Å². The van der Waals surface area contributed by atoms with Crippen molar-refractivity contribution in [3.63, 3.8) is 0 Å². The van der Waals surface area contributed by atoms with Crippen LogP contribution in [0.15, 0.2) is 42.5 Å². The highest BCUT2D eigenvalue weighted by atomic mass is 35.5. The first-order valence-electron chi connectivity index (χ1n) is 7.70. The second-order valence-electron chi connectivity index (χ2n) is 5.39. The number of nitrogens with one attached hydrogen (secondary N) is 1. The monoisotopic (exact) mass is 388 g/mol. The molecule has 0 atom stereocenters. The molecular formula is C18H20ClF3N2O2. The molecule has 2 aromatic carbocycles. The summed E-state index contributed by atoms with van der Waals surface area (Å²) in [5.41, 5.74) is 5.76. The Morgan fingerprint density at radius 2 is 1.85 bits per heavy atom. The van der Waals surface area contributed by atoms with Crippen molar-refractivity contribution in [3.8, 4) is 16.9 Å². The van der Waals surface area contributed by atoms with E-state index < -0.39 is 11.7 Å². The van der Waals surface area contributed by atoms with E-state index in [9.17, 15) is 18.0 Å². The molecule has 0 saturated carbocycles. The van der Waals surface area contributed by atoms with Gasteiger partial charge in [-0.05, 0) is 48.4 Å². The first-order chi connectivity index (χ1) is 11.9. The first-order valence-corrected chi connectivity index (χ1v) is 7.70. The molecule has 0 heterocycles. The minimum atomic E-state index is -4.53. The molecule has 3 N–H and O–H groups in total. The predicted molar refractivity (Wildman–Crippen MR) is 96.7 cm³/mol. The Bertz CT molecular complexity index is 751. The third-order valence-electron chi connectivity index (χ3n) is 3.63. The zero-order chi connectivity index (χ0) is 18.4. The Morgan fingerprint density at radius 3 is 2.46 bits per heavy atom. The quantitative estimate of drug-likeness (QED) is 0.738. The first kappa shape index (κ1) is 21.8. The Labute approximate surface area is 155 Å². The lowest BCUT2D eigenvalue weighted by atomic mass is 10.00. The molecule has 0 unspecified atom stereocenters. The number of methoxy groups -OCH3 is 1. The van der Waals surface area contributed by atoms with Crippen molar-refractivity contribution >= 4 is 18.3 Å². The van der Waals surface area contributed by atoms with E-state index in [-0.39, 0.29) is 24.1 Å². The average molecular weight is 389 g/mol. The third-order valence-corrected chi connectivity index (χ3v) is 3.63. The summed E-state index contributed by atoms with van der Waals surface area (Å²) in [7, 11) is 1.19. The number of alkyl halides is 3. The standard InChI is InChI=1S/C18H19F3N2O2.ClH/c1-25-16-7-6-13(11-15(16)18(19,20)21)12-4-2-5-14(10-12)17(24)23-9-3-8-22;/h2,4-7,10-11H,3,8-9,22H2,1H3,(H,23,24);1H. The van der Waals surface area contributed by atoms with E-state index in [2.05, 4.69) is 5.32 Å². The zero-order valence-corrected chi connectivity index (χ0v) is 14.9. The van der Waals surface area contributed by atoms with Gasteiger partial charge in [0, 0.05) is 12.1 Å². The van der Waals surface area contributed by atoms with Crippen molar-refractivity contribution in [2.75, 3.05) is 20.2 Å². The molecule has 26 heavy (non-hydrogen) atoms. The molecule has 0 aliphatic rings. The lowest BCUT2D eigenvalue weighted by molar-refractivity contribution is -0.138. The highest BCUT2D eigenvalue weighted by Crippen LogP contribution is 2.38. The summed E-state index contributed by atoms with van der Waals surface area (Å²) < 4.78 is 44.3. The molecule has 0 spiro atoms. The van der Waals surface area contributed by atoms with E-state index in [0.717, 1.165) is 6.07 Å². The highest BCUT2D eigenvalue weighted by Gasteiger charge is 2.34. The molecule has 1 amide bonds. The topological polar surface area (TPSA) is 64.3 Å². The van der Waals surface area contributed by atoms with E-state index in [1.807, 2.05) is 0 Å². The van der Waals surface area contributed by atoms with Gasteiger partial charge in [-0.15, -0.1) is 12.4 Å². The minimum absolute atomic E-state index is 0. The van der Waals surface area contributed by atoms with E-state index in [4.69, 9.17) is 10.5 Å². The van der Waals surface area contributed by atoms with Crippen molar-refractivity contribution in [1.82, 2.24) is 5.32 Å². The zero-order valence-electron chi connectivity index (χ0n) is 14.1. The van der Waals surface area contributed by atoms with Crippen LogP contribution in [0.25, 0.3) is 11.1 Å². The van der Waals surface area contributed by atoms with Crippen LogP contribution in [-0.2, 0) is 6.18 Å². The van der Waals surface area contributed by atoms with Gasteiger partial charge in [0.25, 0.3) is 5.91 Å². The molecule has 0 aliphatic carbocycles. The molecule has 0 aromatic heterocycles. The van der Waals surface area contributed by atoms with Crippen LogP contribution >= 0.6 is 12.4 Å². The number of benzene rings is 2. The van der Waals surface area contributed by atoms with Crippen molar-refractivity contribution in [2.24, 2.45) is 5.73 Å². The van der Waals surface area contributed by atoms with Crippen LogP contribution in [0.5, 0.6) is 5.75 Å². The van der Waals surface area contributed by atoms with Gasteiger partial charge in [-0.2, -0.15) is 13.2 Å². The molecule has 0 radical (unpaired) electrons. The average Bonchev–Trinajstić information content (AvgIpc) is 2.60. The van der Waals surface area contributed by atoms with E-state index >= 15 is 0 Å². The van der Waals surface area contributed by atoms with Gasteiger partial charge in [-0.3, -0.25) is 4.79 Å². The largest absolute Gasteiger partial charge is 0.496 e. The smallest absolute Gasteiger partial charge is 0.419 e. The number of halogens is 4. The lowest BCUT2D eigenvalue weighted by Crippen LogP contribution is -2.25. The second kappa shape index (κ2) is 9.45. The molecule has 2 rings (SSSR count). The minimum Gasteiger partial charge on any atom is -0.496 e. The van der Waals surface area contributed by atoms with E-state index in [0.29, 0.717) is 36.2 Å². The van der Waals surface area contributed by atoms with Gasteiger partial charge in [-0.25, -0.2) is 0 Å². The van der Waals surface area contributed by atoms with Gasteiger partial charge >= 0.3 is 6.18 Å². The number of amides is 1. The normalized spacial score (nSPS) is 10.8. The second-order valence-corrected chi connectivity index (χ2v) is 5.39. The fraction of sp³-hybridized carbons (Fsp3) is 0.278. The fourth-order valence-corrected chi connectivity index (χ4v) is 2.36. The Balaban J connectivity index is 0.00000338. The van der Waals surface area contributed by atoms with Crippen LogP contribution in [0.1, 0.15) is 22.3 Å². The summed E-state index contributed by atoms with van der Waals surface area (Å²) in [6, 6.07) is 10.3. The number of carbonyl (C=O) groups excluding carboxylic acids is 1. The number of rotatable bonds is 6. The Hall–Kier alpha value is -2.25. The third kappa shape index (κ3) is 5.37. The maximum atomic E-state index is 13.2. The molecule has 0 bridgehead atoms. The van der Waals surface area contributed by atoms with Gasteiger partial charge in [0.05, 0.1) is 12.7 Å². The molecule has 0 aliphatic heterocycles. The van der Waals surface area contributed by atoms with Gasteiger partial charge in [0.2, 0.25) is 0 Å². The summed E-state index contributed by atoms with van der Waals surface area (Å²) in [6.07, 6.45) is -3.88. The van der Waals surface area contributed by atoms with Gasteiger partial charge in [-0.1, -0.05) is 18.2 Å². The summed E-state index contributed by atoms with van der Waals surface area (Å²) in [4.78, 5) is 12.1. The Kier molecular flexibility index (Phi) is 7.92. The molecule has 8 heteroatoms. The van der Waals surface area contributed by atoms with E-state index in [1.54, 1.807) is 24.3 Å². The van der Waals surface area contributed by atoms with Crippen LogP contribution in [0, 0.1) is 0 Å². The maximum Gasteiger partial charge on any atom is 0.419 e. The fourth-order valence-electron chi connectivity index (χ4n) is 2.36. The molecule has 142 valence electrons. The molecule has 4 nitrogen and oxygen atoms in total. The lowest BCUT2D eigenvalue weighted by Gasteiger charge is -2.14. The van der Waals surface area contributed by atoms with Crippen LogP contribution < -0.4 is 15.8 Å². The Morgan fingerprint density at radius 1 is 1.15 bits per heavy atom. The van der Waals surface area contributed by atoms with Gasteiger partial charge in [0.15, 0.2) is 0 Å². The number of ether oxygens (including phenoxy) is 1. The number of nitrogens with two attached hydrogens (primary N) is 1. The van der Waals surface area contributed by atoms with Crippen LogP contribution in [-0.4, -0.2) is 26.1 Å². The van der Waals surface area contributed by atoms with Crippen LogP contribution in [0.2, 0.25) is 0 Å². The predicted octanol–water partition coefficient (Wildman–Crippen LogP) is 3.88. The highest BCUT2D eigenvalue weighted by molar-refractivity contribution is 5.95. The number of carbonyl (C=O) groups is 1. The van der Waals surface area contributed by atoms with Gasteiger partial charge < -0.3 is 15.8 Å². The van der Waals surface area contributed by atoms with Crippen LogP contribution in [0.3, 0.4) is 0 Å². The van der Waals surface area contributed by atoms with Crippen molar-refractivity contribution in [2.45, 2.75) is 12.6 Å². The molecule has 0 saturated heterocycles. The molecule has 0 fully saturated rings. The maximum absolute atomic E-state index is 13.2. The molecule has 2 aromatic rings. The van der Waals surface area contributed by atoms with Crippen molar-refractivity contribution in [1.29, 1.82) is 0 Å².